The van der Waals surface area contributed by atoms with E-state index >= 15 is 0 Å². The van der Waals surface area contributed by atoms with Gasteiger partial charge < -0.3 is 14.4 Å². The summed E-state index contributed by atoms with van der Waals surface area (Å²) in [5, 5.41) is 6.37. The van der Waals surface area contributed by atoms with Crippen molar-refractivity contribution in [3.8, 4) is 11.5 Å². The lowest BCUT2D eigenvalue weighted by molar-refractivity contribution is -0.131. The normalized spacial score (nSPS) is 15.3. The van der Waals surface area contributed by atoms with E-state index in [1.807, 2.05) is 90.8 Å². The maximum atomic E-state index is 13.4. The number of hydrogen-bond acceptors (Lipinski definition) is 5. The van der Waals surface area contributed by atoms with E-state index in [2.05, 4.69) is 0 Å². The molecule has 6 nitrogen and oxygen atoms in total. The van der Waals surface area contributed by atoms with Crippen LogP contribution in [0.2, 0.25) is 0 Å². The molecule has 0 fully saturated rings. The lowest BCUT2D eigenvalue weighted by atomic mass is 9.97. The molecule has 1 heterocycles. The fourth-order valence-corrected chi connectivity index (χ4v) is 3.93. The molecule has 0 aromatic heterocycles. The molecule has 0 aliphatic carbocycles. The standard InChI is InChI=1S/C26H27N3O3/c1-28(20-12-8-5-9-13-20)18-26(30)29-24(17-23(27-29)19-10-6-4-7-11-19)22-15-14-21(31-2)16-25(22)32-3/h4-16,24H,17-18H2,1-3H3. The van der Waals surface area contributed by atoms with E-state index in [-0.39, 0.29) is 18.5 Å². The van der Waals surface area contributed by atoms with Gasteiger partial charge in [0.1, 0.15) is 11.5 Å². The van der Waals surface area contributed by atoms with E-state index in [1.54, 1.807) is 19.2 Å². The molecule has 1 aliphatic heterocycles. The van der Waals surface area contributed by atoms with Gasteiger partial charge in [-0.15, -0.1) is 0 Å². The molecule has 164 valence electrons. The highest BCUT2D eigenvalue weighted by molar-refractivity contribution is 6.03. The van der Waals surface area contributed by atoms with Crippen LogP contribution in [-0.4, -0.2) is 44.4 Å². The summed E-state index contributed by atoms with van der Waals surface area (Å²) in [6, 6.07) is 25.2. The molecule has 3 aromatic carbocycles. The number of amides is 1. The predicted octanol–water partition coefficient (Wildman–Crippen LogP) is 4.52. The highest BCUT2D eigenvalue weighted by Gasteiger charge is 2.35. The molecule has 0 saturated heterocycles. The third-order valence-electron chi connectivity index (χ3n) is 5.64. The number of carbonyl (C=O) groups excluding carboxylic acids is 1. The Kier molecular flexibility index (Phi) is 6.40. The molecular weight excluding hydrogens is 402 g/mol. The van der Waals surface area contributed by atoms with Crippen molar-refractivity contribution in [1.82, 2.24) is 5.01 Å². The van der Waals surface area contributed by atoms with Crippen molar-refractivity contribution in [1.29, 1.82) is 0 Å². The van der Waals surface area contributed by atoms with Gasteiger partial charge in [0, 0.05) is 30.8 Å². The lowest BCUT2D eigenvalue weighted by Crippen LogP contribution is -2.36. The Morgan fingerprint density at radius 3 is 2.34 bits per heavy atom. The average molecular weight is 430 g/mol. The van der Waals surface area contributed by atoms with E-state index < -0.39 is 0 Å². The van der Waals surface area contributed by atoms with Gasteiger partial charge in [0.15, 0.2) is 0 Å². The number of benzene rings is 3. The molecule has 3 aromatic rings. The summed E-state index contributed by atoms with van der Waals surface area (Å²) in [6.07, 6.45) is 0.605. The van der Waals surface area contributed by atoms with E-state index in [0.29, 0.717) is 17.9 Å². The Labute approximate surface area is 188 Å². The number of anilines is 1. The first-order valence-corrected chi connectivity index (χ1v) is 10.5. The number of ether oxygens (including phenoxy) is 2. The van der Waals surface area contributed by atoms with Gasteiger partial charge in [-0.2, -0.15) is 5.10 Å². The van der Waals surface area contributed by atoms with E-state index in [0.717, 1.165) is 22.5 Å². The van der Waals surface area contributed by atoms with Crippen molar-refractivity contribution in [2.24, 2.45) is 5.10 Å². The van der Waals surface area contributed by atoms with Crippen LogP contribution in [-0.2, 0) is 4.79 Å². The van der Waals surface area contributed by atoms with Gasteiger partial charge in [0.05, 0.1) is 32.5 Å². The van der Waals surface area contributed by atoms with E-state index in [1.165, 1.54) is 0 Å². The zero-order valence-electron chi connectivity index (χ0n) is 18.6. The summed E-state index contributed by atoms with van der Waals surface area (Å²) in [7, 11) is 5.16. The van der Waals surface area contributed by atoms with Crippen LogP contribution in [0.25, 0.3) is 0 Å². The van der Waals surface area contributed by atoms with Gasteiger partial charge in [-0.05, 0) is 29.8 Å². The number of rotatable bonds is 7. The van der Waals surface area contributed by atoms with Gasteiger partial charge in [0.2, 0.25) is 0 Å². The van der Waals surface area contributed by atoms with Gasteiger partial charge in [-0.25, -0.2) is 5.01 Å². The van der Waals surface area contributed by atoms with Crippen LogP contribution in [0, 0.1) is 0 Å². The Morgan fingerprint density at radius 1 is 1.00 bits per heavy atom. The summed E-state index contributed by atoms with van der Waals surface area (Å²) in [4.78, 5) is 15.4. The first kappa shape index (κ1) is 21.4. The van der Waals surface area contributed by atoms with Crippen molar-refractivity contribution in [2.75, 3.05) is 32.7 Å². The monoisotopic (exact) mass is 429 g/mol. The quantitative estimate of drug-likeness (QED) is 0.554. The van der Waals surface area contributed by atoms with Crippen LogP contribution in [0.15, 0.2) is 84.0 Å². The molecule has 6 heteroatoms. The summed E-state index contributed by atoms with van der Waals surface area (Å²) >= 11 is 0. The molecule has 0 N–H and O–H groups in total. The van der Waals surface area contributed by atoms with Crippen LogP contribution < -0.4 is 14.4 Å². The minimum absolute atomic E-state index is 0.0786. The largest absolute Gasteiger partial charge is 0.497 e. The van der Waals surface area contributed by atoms with Crippen LogP contribution in [0.4, 0.5) is 5.69 Å². The summed E-state index contributed by atoms with van der Waals surface area (Å²) in [6.45, 7) is 0.213. The number of carbonyl (C=O) groups is 1. The molecule has 1 atom stereocenters. The molecule has 0 bridgehead atoms. The van der Waals surface area contributed by atoms with Crippen molar-refractivity contribution in [3.05, 3.63) is 90.0 Å². The average Bonchev–Trinajstić information content (AvgIpc) is 3.30. The highest BCUT2D eigenvalue weighted by Crippen LogP contribution is 2.39. The lowest BCUT2D eigenvalue weighted by Gasteiger charge is -2.26. The second-order valence-corrected chi connectivity index (χ2v) is 7.67. The Balaban J connectivity index is 1.66. The van der Waals surface area contributed by atoms with Crippen LogP contribution >= 0.6 is 0 Å². The second kappa shape index (κ2) is 9.56. The summed E-state index contributed by atoms with van der Waals surface area (Å²) < 4.78 is 11.0. The molecule has 1 unspecified atom stereocenters. The Morgan fingerprint density at radius 2 is 1.69 bits per heavy atom. The molecule has 0 radical (unpaired) electrons. The topological polar surface area (TPSA) is 54.4 Å². The molecule has 32 heavy (non-hydrogen) atoms. The number of hydrogen-bond donors (Lipinski definition) is 0. The molecule has 0 saturated carbocycles. The zero-order chi connectivity index (χ0) is 22.5. The van der Waals surface area contributed by atoms with Gasteiger partial charge in [0.25, 0.3) is 5.91 Å². The zero-order valence-corrected chi connectivity index (χ0v) is 18.6. The number of methoxy groups -OCH3 is 2. The van der Waals surface area contributed by atoms with Crippen molar-refractivity contribution < 1.29 is 14.3 Å². The highest BCUT2D eigenvalue weighted by atomic mass is 16.5. The van der Waals surface area contributed by atoms with Gasteiger partial charge in [-0.1, -0.05) is 48.5 Å². The fourth-order valence-electron chi connectivity index (χ4n) is 3.93. The SMILES string of the molecule is COc1ccc(C2CC(c3ccccc3)=NN2C(=O)CN(C)c2ccccc2)c(OC)c1. The first-order chi connectivity index (χ1) is 15.6. The van der Waals surface area contributed by atoms with E-state index in [4.69, 9.17) is 14.6 Å². The molecule has 0 spiro atoms. The van der Waals surface area contributed by atoms with Crippen LogP contribution in [0.5, 0.6) is 11.5 Å². The van der Waals surface area contributed by atoms with Crippen molar-refractivity contribution >= 4 is 17.3 Å². The smallest absolute Gasteiger partial charge is 0.262 e. The Hall–Kier alpha value is -3.80. The first-order valence-electron chi connectivity index (χ1n) is 10.5. The maximum Gasteiger partial charge on any atom is 0.262 e. The number of hydrazone groups is 1. The number of nitrogens with zero attached hydrogens (tertiary/aromatic N) is 3. The van der Waals surface area contributed by atoms with Crippen molar-refractivity contribution in [3.63, 3.8) is 0 Å². The third-order valence-corrected chi connectivity index (χ3v) is 5.64. The van der Waals surface area contributed by atoms with Gasteiger partial charge in [-0.3, -0.25) is 4.79 Å². The second-order valence-electron chi connectivity index (χ2n) is 7.67. The summed E-state index contributed by atoms with van der Waals surface area (Å²) in [5.74, 6) is 1.30. The number of likely N-dealkylation sites (N-methyl/N-ethyl adjacent to an activating group) is 1. The molecule has 4 rings (SSSR count). The Bertz CT molecular complexity index is 1100. The minimum atomic E-state index is -0.261. The molecule has 1 amide bonds. The van der Waals surface area contributed by atoms with E-state index in [9.17, 15) is 4.79 Å². The van der Waals surface area contributed by atoms with Gasteiger partial charge >= 0.3 is 0 Å². The summed E-state index contributed by atoms with van der Waals surface area (Å²) in [5.41, 5.74) is 3.77. The van der Waals surface area contributed by atoms with Crippen LogP contribution in [0.3, 0.4) is 0 Å². The molecule has 1 aliphatic rings. The minimum Gasteiger partial charge on any atom is -0.497 e. The fraction of sp³-hybridized carbons (Fsp3) is 0.231. The van der Waals surface area contributed by atoms with Crippen LogP contribution in [0.1, 0.15) is 23.6 Å². The number of para-hydroxylation sites is 1. The molecular formula is C26H27N3O3. The third kappa shape index (κ3) is 4.44. The van der Waals surface area contributed by atoms with Crippen molar-refractivity contribution in [2.45, 2.75) is 12.5 Å². The maximum absolute atomic E-state index is 13.4. The predicted molar refractivity (Wildman–Crippen MR) is 126 cm³/mol.